The number of hydrogen-bond acceptors (Lipinski definition) is 4. The van der Waals surface area contributed by atoms with Crippen molar-refractivity contribution >= 4 is 21.6 Å². The number of halogens is 1. The quantitative estimate of drug-likeness (QED) is 0.695. The summed E-state index contributed by atoms with van der Waals surface area (Å²) in [6.07, 6.45) is 6.85. The average Bonchev–Trinajstić information content (AvgIpc) is 2.84. The number of nitrogens with zero attached hydrogens (tertiary/aromatic N) is 2. The molecule has 1 aromatic rings. The van der Waals surface area contributed by atoms with Gasteiger partial charge in [-0.1, -0.05) is 18.9 Å². The standard InChI is InChI=1S/C18H28FN3O3S/c1-26(24,25)22(17-9-6-8-16(19)14-17)15-18(23)20-10-7-13-21-11-4-2-3-5-12-21/h6,8-9,14H,2-5,7,10-13,15H2,1H3,(H,20,23). The van der Waals surface area contributed by atoms with Crippen LogP contribution in [0.3, 0.4) is 0 Å². The lowest BCUT2D eigenvalue weighted by atomic mass is 10.2. The molecule has 1 fully saturated rings. The molecule has 0 unspecified atom stereocenters. The van der Waals surface area contributed by atoms with E-state index in [1.807, 2.05) is 0 Å². The van der Waals surface area contributed by atoms with E-state index in [1.54, 1.807) is 0 Å². The number of nitrogens with one attached hydrogen (secondary N) is 1. The summed E-state index contributed by atoms with van der Waals surface area (Å²) in [6.45, 7) is 3.28. The van der Waals surface area contributed by atoms with E-state index < -0.39 is 21.7 Å². The molecule has 0 saturated carbocycles. The number of hydrogen-bond donors (Lipinski definition) is 1. The molecule has 0 spiro atoms. The van der Waals surface area contributed by atoms with E-state index in [0.717, 1.165) is 42.7 Å². The van der Waals surface area contributed by atoms with Gasteiger partial charge in [0.05, 0.1) is 11.9 Å². The van der Waals surface area contributed by atoms with Crippen LogP contribution >= 0.6 is 0 Å². The van der Waals surface area contributed by atoms with Crippen molar-refractivity contribution in [3.8, 4) is 0 Å². The van der Waals surface area contributed by atoms with Gasteiger partial charge in [0.1, 0.15) is 12.4 Å². The fraction of sp³-hybridized carbons (Fsp3) is 0.611. The second kappa shape index (κ2) is 9.87. The molecule has 146 valence electrons. The average molecular weight is 386 g/mol. The number of rotatable bonds is 8. The highest BCUT2D eigenvalue weighted by Crippen LogP contribution is 2.18. The Hall–Kier alpha value is -1.67. The van der Waals surface area contributed by atoms with Crippen LogP contribution in [-0.2, 0) is 14.8 Å². The summed E-state index contributed by atoms with van der Waals surface area (Å²) in [7, 11) is -3.68. The van der Waals surface area contributed by atoms with Crippen molar-refractivity contribution < 1.29 is 17.6 Å². The number of carbonyl (C=O) groups is 1. The Labute approximate surface area is 155 Å². The molecule has 6 nitrogen and oxygen atoms in total. The third kappa shape index (κ3) is 6.92. The fourth-order valence-corrected chi connectivity index (χ4v) is 3.96. The van der Waals surface area contributed by atoms with Gasteiger partial charge in [-0.05, 0) is 57.1 Å². The van der Waals surface area contributed by atoms with Crippen LogP contribution in [-0.4, -0.2) is 58.2 Å². The van der Waals surface area contributed by atoms with E-state index in [1.165, 1.54) is 43.9 Å². The summed E-state index contributed by atoms with van der Waals surface area (Å²) in [5.74, 6) is -0.940. The van der Waals surface area contributed by atoms with Crippen molar-refractivity contribution in [3.63, 3.8) is 0 Å². The predicted molar refractivity (Wildman–Crippen MR) is 101 cm³/mol. The minimum Gasteiger partial charge on any atom is -0.354 e. The summed E-state index contributed by atoms with van der Waals surface area (Å²) in [5.41, 5.74) is 0.146. The Morgan fingerprint density at radius 3 is 2.54 bits per heavy atom. The summed E-state index contributed by atoms with van der Waals surface area (Å²) in [4.78, 5) is 14.6. The van der Waals surface area contributed by atoms with Crippen molar-refractivity contribution in [2.75, 3.05) is 43.3 Å². The first-order valence-electron chi connectivity index (χ1n) is 9.08. The second-order valence-electron chi connectivity index (χ2n) is 6.71. The van der Waals surface area contributed by atoms with E-state index in [4.69, 9.17) is 0 Å². The van der Waals surface area contributed by atoms with Crippen LogP contribution in [0.15, 0.2) is 24.3 Å². The third-order valence-electron chi connectivity index (χ3n) is 4.46. The molecule has 1 amide bonds. The third-order valence-corrected chi connectivity index (χ3v) is 5.60. The Kier molecular flexibility index (Phi) is 7.84. The number of likely N-dealkylation sites (tertiary alicyclic amines) is 1. The molecule has 1 N–H and O–H groups in total. The summed E-state index contributed by atoms with van der Waals surface area (Å²) in [5, 5.41) is 2.76. The Balaban J connectivity index is 1.82. The maximum absolute atomic E-state index is 13.4. The molecule has 1 aliphatic heterocycles. The lowest BCUT2D eigenvalue weighted by Gasteiger charge is -2.22. The molecule has 1 saturated heterocycles. The predicted octanol–water partition coefficient (Wildman–Crippen LogP) is 1.97. The van der Waals surface area contributed by atoms with Crippen molar-refractivity contribution in [1.82, 2.24) is 10.2 Å². The molecule has 1 heterocycles. The van der Waals surface area contributed by atoms with Gasteiger partial charge in [0.15, 0.2) is 0 Å². The van der Waals surface area contributed by atoms with Crippen LogP contribution in [0.5, 0.6) is 0 Å². The molecule has 1 aromatic carbocycles. The Bertz CT molecular complexity index is 689. The van der Waals surface area contributed by atoms with Gasteiger partial charge in [0, 0.05) is 6.54 Å². The zero-order valence-corrected chi connectivity index (χ0v) is 16.1. The van der Waals surface area contributed by atoms with Gasteiger partial charge >= 0.3 is 0 Å². The molecule has 0 atom stereocenters. The van der Waals surface area contributed by atoms with E-state index in [0.29, 0.717) is 6.54 Å². The molecule has 0 bridgehead atoms. The zero-order valence-electron chi connectivity index (χ0n) is 15.3. The molecule has 0 radical (unpaired) electrons. The van der Waals surface area contributed by atoms with Crippen LogP contribution < -0.4 is 9.62 Å². The largest absolute Gasteiger partial charge is 0.354 e. The van der Waals surface area contributed by atoms with Crippen LogP contribution in [0.1, 0.15) is 32.1 Å². The first-order chi connectivity index (χ1) is 12.4. The monoisotopic (exact) mass is 385 g/mol. The first-order valence-corrected chi connectivity index (χ1v) is 10.9. The van der Waals surface area contributed by atoms with Gasteiger partial charge in [0.25, 0.3) is 0 Å². The maximum atomic E-state index is 13.4. The fourth-order valence-electron chi connectivity index (χ4n) is 3.11. The zero-order chi connectivity index (χ0) is 19.0. The number of sulfonamides is 1. The lowest BCUT2D eigenvalue weighted by molar-refractivity contribution is -0.119. The van der Waals surface area contributed by atoms with Crippen molar-refractivity contribution in [2.45, 2.75) is 32.1 Å². The van der Waals surface area contributed by atoms with Gasteiger partial charge in [-0.3, -0.25) is 9.10 Å². The highest BCUT2D eigenvalue weighted by Gasteiger charge is 2.21. The summed E-state index contributed by atoms with van der Waals surface area (Å²) in [6, 6.07) is 5.22. The van der Waals surface area contributed by atoms with Gasteiger partial charge in [-0.15, -0.1) is 0 Å². The number of amides is 1. The second-order valence-corrected chi connectivity index (χ2v) is 8.62. The normalized spacial score (nSPS) is 16.1. The number of benzene rings is 1. The van der Waals surface area contributed by atoms with E-state index in [9.17, 15) is 17.6 Å². The van der Waals surface area contributed by atoms with Crippen molar-refractivity contribution in [1.29, 1.82) is 0 Å². The van der Waals surface area contributed by atoms with Gasteiger partial charge in [-0.2, -0.15) is 0 Å². The number of anilines is 1. The minimum atomic E-state index is -3.68. The summed E-state index contributed by atoms with van der Waals surface area (Å²) < 4.78 is 38.2. The van der Waals surface area contributed by atoms with E-state index >= 15 is 0 Å². The topological polar surface area (TPSA) is 69.7 Å². The first kappa shape index (κ1) is 20.6. The molecule has 1 aliphatic rings. The Morgan fingerprint density at radius 2 is 1.92 bits per heavy atom. The highest BCUT2D eigenvalue weighted by atomic mass is 32.2. The molecule has 0 aromatic heterocycles. The van der Waals surface area contributed by atoms with E-state index in [-0.39, 0.29) is 12.2 Å². The smallest absolute Gasteiger partial charge is 0.240 e. The molecule has 0 aliphatic carbocycles. The molecular weight excluding hydrogens is 357 g/mol. The summed E-state index contributed by atoms with van der Waals surface area (Å²) >= 11 is 0. The van der Waals surface area contributed by atoms with Crippen LogP contribution in [0.2, 0.25) is 0 Å². The van der Waals surface area contributed by atoms with Crippen LogP contribution in [0, 0.1) is 5.82 Å². The maximum Gasteiger partial charge on any atom is 0.240 e. The van der Waals surface area contributed by atoms with Crippen LogP contribution in [0.25, 0.3) is 0 Å². The van der Waals surface area contributed by atoms with Gasteiger partial charge in [-0.25, -0.2) is 12.8 Å². The van der Waals surface area contributed by atoms with Crippen molar-refractivity contribution in [2.24, 2.45) is 0 Å². The highest BCUT2D eigenvalue weighted by molar-refractivity contribution is 7.92. The lowest BCUT2D eigenvalue weighted by Crippen LogP contribution is -2.41. The van der Waals surface area contributed by atoms with Crippen molar-refractivity contribution in [3.05, 3.63) is 30.1 Å². The van der Waals surface area contributed by atoms with E-state index in [2.05, 4.69) is 10.2 Å². The Morgan fingerprint density at radius 1 is 1.23 bits per heavy atom. The number of carbonyl (C=O) groups excluding carboxylic acids is 1. The molecule has 2 rings (SSSR count). The van der Waals surface area contributed by atoms with Gasteiger partial charge < -0.3 is 10.2 Å². The minimum absolute atomic E-state index is 0.146. The van der Waals surface area contributed by atoms with Crippen LogP contribution in [0.4, 0.5) is 10.1 Å². The SMILES string of the molecule is CS(=O)(=O)N(CC(=O)NCCCN1CCCCCC1)c1cccc(F)c1. The van der Waals surface area contributed by atoms with Gasteiger partial charge in [0.2, 0.25) is 15.9 Å². The molecule has 26 heavy (non-hydrogen) atoms. The molecular formula is C18H28FN3O3S. The molecule has 8 heteroatoms.